The monoisotopic (exact) mass is 575 g/mol. The topological polar surface area (TPSA) is 64.3 Å². The first-order chi connectivity index (χ1) is 20.2. The molecule has 42 heavy (non-hydrogen) atoms. The van der Waals surface area contributed by atoms with Gasteiger partial charge in [0, 0.05) is 38.9 Å². The van der Waals surface area contributed by atoms with Crippen molar-refractivity contribution in [3.05, 3.63) is 124 Å². The van der Waals surface area contributed by atoms with E-state index >= 15 is 0 Å². The summed E-state index contributed by atoms with van der Waals surface area (Å²) in [6.07, 6.45) is 0.688. The number of aryl methyl sites for hydroxylation is 1. The van der Waals surface area contributed by atoms with E-state index < -0.39 is 17.8 Å². The molecule has 220 valence electrons. The summed E-state index contributed by atoms with van der Waals surface area (Å²) in [5, 5.41) is 2.77. The van der Waals surface area contributed by atoms with Crippen LogP contribution in [0, 0.1) is 6.92 Å². The van der Waals surface area contributed by atoms with Gasteiger partial charge in [0.1, 0.15) is 0 Å². The molecule has 5 rings (SSSR count). The Kier molecular flexibility index (Phi) is 8.97. The molecule has 0 bridgehead atoms. The van der Waals surface area contributed by atoms with Gasteiger partial charge in [-0.1, -0.05) is 66.7 Å². The molecule has 2 N–H and O–H groups in total. The number of nitrogens with zero attached hydrogens (tertiary/aromatic N) is 3. The van der Waals surface area contributed by atoms with Crippen LogP contribution in [0.25, 0.3) is 0 Å². The summed E-state index contributed by atoms with van der Waals surface area (Å²) in [4.78, 5) is 24.4. The summed E-state index contributed by atoms with van der Waals surface area (Å²) < 4.78 is 42.6. The minimum atomic E-state index is -4.47. The molecular formula is C33H36F3N5O. The molecule has 1 unspecified atom stereocenters. The van der Waals surface area contributed by atoms with Crippen molar-refractivity contribution < 1.29 is 18.0 Å². The number of amides is 2. The number of hydrogen-bond acceptors (Lipinski definition) is 3. The maximum absolute atomic E-state index is 14.2. The van der Waals surface area contributed by atoms with Crippen LogP contribution in [0.3, 0.4) is 0 Å². The molecule has 0 saturated carbocycles. The number of aromatic nitrogens is 2. The lowest BCUT2D eigenvalue weighted by atomic mass is 9.87. The van der Waals surface area contributed by atoms with Gasteiger partial charge < -0.3 is 15.2 Å². The zero-order valence-electron chi connectivity index (χ0n) is 23.9. The fourth-order valence-electron chi connectivity index (χ4n) is 6.04. The van der Waals surface area contributed by atoms with E-state index in [1.165, 1.54) is 13.0 Å². The average Bonchev–Trinajstić information content (AvgIpc) is 3.52. The van der Waals surface area contributed by atoms with Crippen LogP contribution in [-0.4, -0.2) is 52.0 Å². The number of alkyl halides is 3. The summed E-state index contributed by atoms with van der Waals surface area (Å²) in [7, 11) is 1.63. The minimum Gasteiger partial charge on any atom is -0.347 e. The van der Waals surface area contributed by atoms with E-state index in [0.717, 1.165) is 22.4 Å². The highest BCUT2D eigenvalue weighted by atomic mass is 19.4. The molecule has 9 heteroatoms. The van der Waals surface area contributed by atoms with E-state index in [-0.39, 0.29) is 17.6 Å². The number of piperidine rings is 1. The summed E-state index contributed by atoms with van der Waals surface area (Å²) in [6, 6.07) is 22.1. The van der Waals surface area contributed by atoms with E-state index in [9.17, 15) is 18.0 Å². The van der Waals surface area contributed by atoms with Crippen molar-refractivity contribution in [2.45, 2.75) is 51.0 Å². The van der Waals surface area contributed by atoms with Crippen molar-refractivity contribution >= 4 is 6.03 Å². The van der Waals surface area contributed by atoms with Gasteiger partial charge in [0.05, 0.1) is 23.6 Å². The van der Waals surface area contributed by atoms with Crippen LogP contribution in [0.4, 0.5) is 18.0 Å². The lowest BCUT2D eigenvalue weighted by Gasteiger charge is -2.42. The number of halogens is 3. The third kappa shape index (κ3) is 6.68. The van der Waals surface area contributed by atoms with E-state index in [1.807, 2.05) is 65.6 Å². The molecule has 1 aliphatic heterocycles. The Balaban J connectivity index is 1.48. The molecular weight excluding hydrogens is 539 g/mol. The van der Waals surface area contributed by atoms with Crippen LogP contribution >= 0.6 is 0 Å². The Morgan fingerprint density at radius 1 is 1.05 bits per heavy atom. The molecule has 1 atom stereocenters. The molecule has 1 fully saturated rings. The number of imidazole rings is 1. The van der Waals surface area contributed by atoms with E-state index in [1.54, 1.807) is 25.6 Å². The summed E-state index contributed by atoms with van der Waals surface area (Å²) in [5.74, 6) is 0. The van der Waals surface area contributed by atoms with E-state index in [4.69, 9.17) is 0 Å². The second kappa shape index (κ2) is 12.8. The zero-order chi connectivity index (χ0) is 29.7. The van der Waals surface area contributed by atoms with Crippen molar-refractivity contribution in [1.82, 2.24) is 25.1 Å². The van der Waals surface area contributed by atoms with Gasteiger partial charge in [0.15, 0.2) is 0 Å². The van der Waals surface area contributed by atoms with Crippen LogP contribution in [0.5, 0.6) is 0 Å². The maximum atomic E-state index is 14.2. The quantitative estimate of drug-likeness (QED) is 0.245. The Labute approximate surface area is 244 Å². The second-order valence-electron chi connectivity index (χ2n) is 10.9. The lowest BCUT2D eigenvalue weighted by Crippen LogP contribution is -2.50. The first-order valence-electron chi connectivity index (χ1n) is 14.2. The SMILES string of the molecule is CNC(=O)N(Cc1ccccc1)C1CCN(C(c2cnc[nH]2)c2cc(C(F)(F)F)c(C)cc2Cc2ccccc2)CC1. The van der Waals surface area contributed by atoms with Gasteiger partial charge in [0.25, 0.3) is 0 Å². The van der Waals surface area contributed by atoms with Crippen molar-refractivity contribution in [3.8, 4) is 0 Å². The Hall–Kier alpha value is -4.11. The molecule has 4 aromatic rings. The number of carbonyl (C=O) groups is 1. The normalized spacial score (nSPS) is 15.4. The van der Waals surface area contributed by atoms with Crippen LogP contribution in [0.15, 0.2) is 85.3 Å². The molecule has 3 aromatic carbocycles. The summed E-state index contributed by atoms with van der Waals surface area (Å²) in [5.41, 5.74) is 3.87. The predicted molar refractivity (Wildman–Crippen MR) is 157 cm³/mol. The third-order valence-electron chi connectivity index (χ3n) is 8.11. The number of carbonyl (C=O) groups excluding carboxylic acids is 1. The highest BCUT2D eigenvalue weighted by Crippen LogP contribution is 2.39. The predicted octanol–water partition coefficient (Wildman–Crippen LogP) is 6.72. The number of benzene rings is 3. The number of aromatic amines is 1. The second-order valence-corrected chi connectivity index (χ2v) is 10.9. The van der Waals surface area contributed by atoms with Crippen molar-refractivity contribution in [1.29, 1.82) is 0 Å². The number of urea groups is 1. The highest BCUT2D eigenvalue weighted by molar-refractivity contribution is 5.74. The number of H-pyrrole nitrogens is 1. The molecule has 1 saturated heterocycles. The van der Waals surface area contributed by atoms with E-state index in [0.29, 0.717) is 44.5 Å². The highest BCUT2D eigenvalue weighted by Gasteiger charge is 2.37. The fraction of sp³-hybridized carbons (Fsp3) is 0.333. The first-order valence-corrected chi connectivity index (χ1v) is 14.2. The molecule has 2 heterocycles. The van der Waals surface area contributed by atoms with Gasteiger partial charge >= 0.3 is 12.2 Å². The fourth-order valence-corrected chi connectivity index (χ4v) is 6.04. The smallest absolute Gasteiger partial charge is 0.347 e. The van der Waals surface area contributed by atoms with Gasteiger partial charge in [-0.3, -0.25) is 4.90 Å². The van der Waals surface area contributed by atoms with Crippen molar-refractivity contribution in [2.75, 3.05) is 20.1 Å². The van der Waals surface area contributed by atoms with Crippen LogP contribution in [0.1, 0.15) is 58.0 Å². The number of hydrogen-bond donors (Lipinski definition) is 2. The molecule has 0 aliphatic carbocycles. The number of nitrogens with one attached hydrogen (secondary N) is 2. The van der Waals surface area contributed by atoms with Gasteiger partial charge in [-0.15, -0.1) is 0 Å². The van der Waals surface area contributed by atoms with Crippen LogP contribution < -0.4 is 5.32 Å². The Morgan fingerprint density at radius 2 is 1.69 bits per heavy atom. The van der Waals surface area contributed by atoms with Crippen molar-refractivity contribution in [3.63, 3.8) is 0 Å². The molecule has 0 spiro atoms. The number of rotatable bonds is 8. The summed E-state index contributed by atoms with van der Waals surface area (Å²) in [6.45, 7) is 3.23. The van der Waals surface area contributed by atoms with Gasteiger partial charge in [-0.2, -0.15) is 13.2 Å². The Morgan fingerprint density at radius 3 is 2.26 bits per heavy atom. The number of likely N-dealkylation sites (tertiary alicyclic amines) is 1. The maximum Gasteiger partial charge on any atom is 0.416 e. The molecule has 1 aromatic heterocycles. The average molecular weight is 576 g/mol. The third-order valence-corrected chi connectivity index (χ3v) is 8.11. The van der Waals surface area contributed by atoms with Crippen molar-refractivity contribution in [2.24, 2.45) is 0 Å². The summed E-state index contributed by atoms with van der Waals surface area (Å²) >= 11 is 0. The molecule has 6 nitrogen and oxygen atoms in total. The van der Waals surface area contributed by atoms with E-state index in [2.05, 4.69) is 20.2 Å². The van der Waals surface area contributed by atoms with Crippen LogP contribution in [-0.2, 0) is 19.1 Å². The van der Waals surface area contributed by atoms with Gasteiger partial charge in [-0.05, 0) is 60.1 Å². The largest absolute Gasteiger partial charge is 0.416 e. The standard InChI is InChI=1S/C33H36F3N5O/c1-23-17-26(18-24-9-5-3-6-10-24)28(19-29(23)33(34,35)36)31(30-20-38-22-39-30)40-15-13-27(14-16-40)41(32(42)37-2)21-25-11-7-4-8-12-25/h3-12,17,19-20,22,27,31H,13-16,18,21H2,1-2H3,(H,37,42)(H,38,39). The first kappa shape index (κ1) is 29.4. The van der Waals surface area contributed by atoms with Crippen LogP contribution in [0.2, 0.25) is 0 Å². The van der Waals surface area contributed by atoms with Gasteiger partial charge in [0.2, 0.25) is 0 Å². The molecule has 1 aliphatic rings. The molecule has 2 amide bonds. The minimum absolute atomic E-state index is 0.00336. The van der Waals surface area contributed by atoms with Gasteiger partial charge in [-0.25, -0.2) is 9.78 Å². The lowest BCUT2D eigenvalue weighted by molar-refractivity contribution is -0.138. The molecule has 0 radical (unpaired) electrons. The zero-order valence-corrected chi connectivity index (χ0v) is 23.9. The Bertz CT molecular complexity index is 1450.